The number of aryl methyl sites for hydroxylation is 1. The van der Waals surface area contributed by atoms with Crippen LogP contribution in [0.25, 0.3) is 28.6 Å². The van der Waals surface area contributed by atoms with Crippen molar-refractivity contribution in [3.63, 3.8) is 0 Å². The first-order chi connectivity index (χ1) is 12.3. The van der Waals surface area contributed by atoms with Gasteiger partial charge in [0.25, 0.3) is 11.3 Å². The van der Waals surface area contributed by atoms with Crippen molar-refractivity contribution >= 4 is 5.78 Å². The normalized spacial score (nSPS) is 12.0. The molecule has 3 heterocycles. The summed E-state index contributed by atoms with van der Waals surface area (Å²) in [5, 5.41) is 7.56. The SMILES string of the molecule is Cc1nc2ncc(-c3nc(-c4ccccc4)nn3C(C)(C)C)c(=O)n2[nH]1. The van der Waals surface area contributed by atoms with E-state index in [0.717, 1.165) is 5.56 Å². The number of aromatic nitrogens is 7. The predicted octanol–water partition coefficient (Wildman–Crippen LogP) is 2.41. The Hall–Kier alpha value is -3.29. The summed E-state index contributed by atoms with van der Waals surface area (Å²) in [4.78, 5) is 26.1. The van der Waals surface area contributed by atoms with Crippen LogP contribution in [0.3, 0.4) is 0 Å². The Kier molecular flexibility index (Phi) is 3.50. The van der Waals surface area contributed by atoms with Crippen LogP contribution in [0.1, 0.15) is 26.6 Å². The molecule has 4 rings (SSSR count). The van der Waals surface area contributed by atoms with Crippen LogP contribution in [-0.4, -0.2) is 34.3 Å². The van der Waals surface area contributed by atoms with Crippen molar-refractivity contribution in [1.82, 2.24) is 34.3 Å². The van der Waals surface area contributed by atoms with Gasteiger partial charge in [-0.25, -0.2) is 14.6 Å². The van der Waals surface area contributed by atoms with Crippen LogP contribution < -0.4 is 5.56 Å². The van der Waals surface area contributed by atoms with Crippen LogP contribution in [0.5, 0.6) is 0 Å². The van der Waals surface area contributed by atoms with E-state index in [1.165, 1.54) is 10.7 Å². The molecule has 4 aromatic rings. The monoisotopic (exact) mass is 349 g/mol. The summed E-state index contributed by atoms with van der Waals surface area (Å²) in [6, 6.07) is 9.69. The van der Waals surface area contributed by atoms with Gasteiger partial charge in [0.2, 0.25) is 0 Å². The molecular formula is C18H19N7O. The average molecular weight is 349 g/mol. The highest BCUT2D eigenvalue weighted by molar-refractivity contribution is 5.61. The van der Waals surface area contributed by atoms with Crippen molar-refractivity contribution in [3.05, 3.63) is 52.7 Å². The van der Waals surface area contributed by atoms with Gasteiger partial charge in [-0.1, -0.05) is 30.3 Å². The van der Waals surface area contributed by atoms with Crippen LogP contribution in [0.4, 0.5) is 0 Å². The number of H-pyrrole nitrogens is 1. The zero-order valence-electron chi connectivity index (χ0n) is 15.1. The van der Waals surface area contributed by atoms with Gasteiger partial charge in [-0.2, -0.15) is 9.50 Å². The van der Waals surface area contributed by atoms with E-state index >= 15 is 0 Å². The Bertz CT molecular complexity index is 1150. The molecule has 0 aliphatic heterocycles. The van der Waals surface area contributed by atoms with Crippen LogP contribution in [-0.2, 0) is 5.54 Å². The van der Waals surface area contributed by atoms with Crippen molar-refractivity contribution in [1.29, 1.82) is 0 Å². The number of benzene rings is 1. The van der Waals surface area contributed by atoms with Gasteiger partial charge in [0.05, 0.1) is 5.54 Å². The smallest absolute Gasteiger partial charge is 0.275 e. The third-order valence-electron chi connectivity index (χ3n) is 4.00. The molecule has 0 radical (unpaired) electrons. The first kappa shape index (κ1) is 16.2. The summed E-state index contributed by atoms with van der Waals surface area (Å²) in [6.07, 6.45) is 1.51. The van der Waals surface area contributed by atoms with Crippen molar-refractivity contribution < 1.29 is 0 Å². The summed E-state index contributed by atoms with van der Waals surface area (Å²) in [5.74, 6) is 2.01. The van der Waals surface area contributed by atoms with Crippen LogP contribution >= 0.6 is 0 Å². The third kappa shape index (κ3) is 2.59. The van der Waals surface area contributed by atoms with Gasteiger partial charge in [0.1, 0.15) is 11.4 Å². The van der Waals surface area contributed by atoms with Crippen molar-refractivity contribution in [2.45, 2.75) is 33.2 Å². The summed E-state index contributed by atoms with van der Waals surface area (Å²) in [5.41, 5.74) is 0.651. The van der Waals surface area contributed by atoms with Gasteiger partial charge in [-0.05, 0) is 27.7 Å². The summed E-state index contributed by atoms with van der Waals surface area (Å²) in [7, 11) is 0. The maximum atomic E-state index is 12.9. The molecule has 8 heteroatoms. The fourth-order valence-electron chi connectivity index (χ4n) is 2.78. The fraction of sp³-hybridized carbons (Fsp3) is 0.278. The third-order valence-corrected chi connectivity index (χ3v) is 4.00. The van der Waals surface area contributed by atoms with Crippen LogP contribution in [0.15, 0.2) is 41.3 Å². The molecule has 3 aromatic heterocycles. The molecule has 26 heavy (non-hydrogen) atoms. The standard InChI is InChI=1S/C18H19N7O/c1-11-20-17-19-10-13(16(26)24(17)22-11)15-21-14(12-8-6-5-7-9-12)23-25(15)18(2,3)4/h5-10H,1-4H3,(H,19,20,22). The van der Waals surface area contributed by atoms with E-state index in [-0.39, 0.29) is 11.1 Å². The lowest BCUT2D eigenvalue weighted by Gasteiger charge is -2.20. The molecule has 0 aliphatic rings. The van der Waals surface area contributed by atoms with E-state index in [9.17, 15) is 4.79 Å². The molecule has 0 atom stereocenters. The Morgan fingerprint density at radius 2 is 1.81 bits per heavy atom. The molecule has 8 nitrogen and oxygen atoms in total. The minimum atomic E-state index is -0.356. The number of aromatic amines is 1. The lowest BCUT2D eigenvalue weighted by Crippen LogP contribution is -2.27. The van der Waals surface area contributed by atoms with Crippen molar-refractivity contribution in [2.75, 3.05) is 0 Å². The molecule has 132 valence electrons. The van der Waals surface area contributed by atoms with E-state index in [1.54, 1.807) is 11.6 Å². The maximum absolute atomic E-state index is 12.9. The zero-order chi connectivity index (χ0) is 18.5. The topological polar surface area (TPSA) is 93.8 Å². The predicted molar refractivity (Wildman–Crippen MR) is 97.8 cm³/mol. The molecular weight excluding hydrogens is 330 g/mol. The molecule has 0 fully saturated rings. The highest BCUT2D eigenvalue weighted by atomic mass is 16.1. The minimum Gasteiger partial charge on any atom is -0.275 e. The van der Waals surface area contributed by atoms with Gasteiger partial charge in [-0.15, -0.1) is 5.10 Å². The van der Waals surface area contributed by atoms with E-state index < -0.39 is 0 Å². The van der Waals surface area contributed by atoms with E-state index in [1.807, 2.05) is 51.1 Å². The number of fused-ring (bicyclic) bond motifs is 1. The largest absolute Gasteiger partial charge is 0.285 e. The molecule has 0 saturated heterocycles. The molecule has 0 bridgehead atoms. The van der Waals surface area contributed by atoms with Crippen molar-refractivity contribution in [2.24, 2.45) is 0 Å². The first-order valence-corrected chi connectivity index (χ1v) is 8.32. The van der Waals surface area contributed by atoms with Gasteiger partial charge in [0, 0.05) is 11.8 Å². The van der Waals surface area contributed by atoms with Gasteiger partial charge in [0.15, 0.2) is 11.6 Å². The van der Waals surface area contributed by atoms with Gasteiger partial charge >= 0.3 is 0 Å². The Morgan fingerprint density at radius 3 is 2.50 bits per heavy atom. The van der Waals surface area contributed by atoms with Crippen LogP contribution in [0, 0.1) is 6.92 Å². The second kappa shape index (κ2) is 5.62. The van der Waals surface area contributed by atoms with Gasteiger partial charge in [-0.3, -0.25) is 9.89 Å². The molecule has 1 N–H and O–H groups in total. The second-order valence-corrected chi connectivity index (χ2v) is 7.13. The number of nitrogens with one attached hydrogen (secondary N) is 1. The van der Waals surface area contributed by atoms with Crippen molar-refractivity contribution in [3.8, 4) is 22.8 Å². The Morgan fingerprint density at radius 1 is 1.08 bits per heavy atom. The maximum Gasteiger partial charge on any atom is 0.285 e. The molecule has 0 amide bonds. The summed E-state index contributed by atoms with van der Waals surface area (Å²) >= 11 is 0. The van der Waals surface area contributed by atoms with Gasteiger partial charge < -0.3 is 0 Å². The van der Waals surface area contributed by atoms with Crippen LogP contribution in [0.2, 0.25) is 0 Å². The van der Waals surface area contributed by atoms with E-state index in [0.29, 0.717) is 28.8 Å². The quantitative estimate of drug-likeness (QED) is 0.600. The lowest BCUT2D eigenvalue weighted by molar-refractivity contribution is 0.360. The molecule has 1 aromatic carbocycles. The lowest BCUT2D eigenvalue weighted by atomic mass is 10.1. The zero-order valence-corrected chi connectivity index (χ0v) is 15.1. The van der Waals surface area contributed by atoms with E-state index in [4.69, 9.17) is 0 Å². The molecule has 0 unspecified atom stereocenters. The summed E-state index contributed by atoms with van der Waals surface area (Å²) < 4.78 is 3.10. The Labute approximate surface area is 149 Å². The average Bonchev–Trinajstić information content (AvgIpc) is 3.19. The minimum absolute atomic E-state index is 0.256. The molecule has 0 aliphatic carbocycles. The number of nitrogens with zero attached hydrogens (tertiary/aromatic N) is 6. The molecule has 0 spiro atoms. The highest BCUT2D eigenvalue weighted by Gasteiger charge is 2.25. The Balaban J connectivity index is 1.98. The second-order valence-electron chi connectivity index (χ2n) is 7.13. The highest BCUT2D eigenvalue weighted by Crippen LogP contribution is 2.25. The summed E-state index contributed by atoms with van der Waals surface area (Å²) in [6.45, 7) is 7.83. The number of hydrogen-bond acceptors (Lipinski definition) is 5. The first-order valence-electron chi connectivity index (χ1n) is 8.32. The van der Waals surface area contributed by atoms with E-state index in [2.05, 4.69) is 25.1 Å². The number of hydrogen-bond donors (Lipinski definition) is 1. The molecule has 0 saturated carbocycles. The fourth-order valence-corrected chi connectivity index (χ4v) is 2.78. The number of rotatable bonds is 2.